The van der Waals surface area contributed by atoms with Gasteiger partial charge in [-0.2, -0.15) is 4.31 Å². The first-order valence-corrected chi connectivity index (χ1v) is 11.0. The summed E-state index contributed by atoms with van der Waals surface area (Å²) in [4.78, 5) is 14.5. The Morgan fingerprint density at radius 1 is 1.07 bits per heavy atom. The summed E-state index contributed by atoms with van der Waals surface area (Å²) in [6.45, 7) is 4.41. The van der Waals surface area contributed by atoms with Crippen molar-refractivity contribution in [3.63, 3.8) is 0 Å². The van der Waals surface area contributed by atoms with E-state index in [-0.39, 0.29) is 12.5 Å². The number of aryl methyl sites for hydroxylation is 1. The van der Waals surface area contributed by atoms with Gasteiger partial charge in [-0.05, 0) is 36.8 Å². The zero-order valence-electron chi connectivity index (χ0n) is 16.8. The summed E-state index contributed by atoms with van der Waals surface area (Å²) in [6.07, 6.45) is 0. The van der Waals surface area contributed by atoms with Crippen molar-refractivity contribution in [2.45, 2.75) is 18.4 Å². The molecule has 2 aromatic carbocycles. The summed E-state index contributed by atoms with van der Waals surface area (Å²) >= 11 is 0. The first kappa shape index (κ1) is 21.3. The second-order valence-electron chi connectivity index (χ2n) is 7.12. The van der Waals surface area contributed by atoms with Gasteiger partial charge in [-0.3, -0.25) is 9.69 Å². The number of benzene rings is 2. The van der Waals surface area contributed by atoms with E-state index in [0.717, 1.165) is 16.9 Å². The van der Waals surface area contributed by atoms with Crippen molar-refractivity contribution < 1.29 is 17.9 Å². The second kappa shape index (κ2) is 9.39. The van der Waals surface area contributed by atoms with Gasteiger partial charge in [0.1, 0.15) is 5.75 Å². The van der Waals surface area contributed by atoms with Crippen LogP contribution in [0.5, 0.6) is 5.75 Å². The van der Waals surface area contributed by atoms with Crippen molar-refractivity contribution in [1.29, 1.82) is 0 Å². The number of methoxy groups -OCH3 is 1. The molecule has 0 aliphatic carbocycles. The number of rotatable bonds is 7. The smallest absolute Gasteiger partial charge is 0.243 e. The van der Waals surface area contributed by atoms with E-state index in [1.807, 2.05) is 36.1 Å². The lowest BCUT2D eigenvalue weighted by molar-refractivity contribution is -0.122. The predicted octanol–water partition coefficient (Wildman–Crippen LogP) is 1.63. The molecule has 1 N–H and O–H groups in total. The van der Waals surface area contributed by atoms with E-state index in [4.69, 9.17) is 4.74 Å². The maximum Gasteiger partial charge on any atom is 0.243 e. The first-order valence-electron chi connectivity index (χ1n) is 9.57. The van der Waals surface area contributed by atoms with Crippen LogP contribution in [0, 0.1) is 6.92 Å². The third kappa shape index (κ3) is 5.56. The molecule has 1 amide bonds. The summed E-state index contributed by atoms with van der Waals surface area (Å²) < 4.78 is 32.2. The van der Waals surface area contributed by atoms with Gasteiger partial charge in [0.15, 0.2) is 0 Å². The lowest BCUT2D eigenvalue weighted by Crippen LogP contribution is -2.50. The Labute approximate surface area is 172 Å². The lowest BCUT2D eigenvalue weighted by Gasteiger charge is -2.33. The lowest BCUT2D eigenvalue weighted by atomic mass is 10.2. The molecule has 29 heavy (non-hydrogen) atoms. The van der Waals surface area contributed by atoms with Crippen LogP contribution in [0.25, 0.3) is 0 Å². The van der Waals surface area contributed by atoms with Crippen molar-refractivity contribution >= 4 is 15.9 Å². The van der Waals surface area contributed by atoms with Crippen molar-refractivity contribution in [2.75, 3.05) is 39.8 Å². The quantitative estimate of drug-likeness (QED) is 0.741. The fourth-order valence-corrected chi connectivity index (χ4v) is 4.65. The third-order valence-corrected chi connectivity index (χ3v) is 6.89. The Bertz CT molecular complexity index is 937. The molecule has 0 saturated carbocycles. The number of hydrogen-bond acceptors (Lipinski definition) is 5. The number of carbonyl (C=O) groups excluding carboxylic acids is 1. The minimum Gasteiger partial charge on any atom is -0.497 e. The monoisotopic (exact) mass is 417 g/mol. The Balaban J connectivity index is 1.47. The van der Waals surface area contributed by atoms with Crippen molar-refractivity contribution in [1.82, 2.24) is 14.5 Å². The average molecular weight is 418 g/mol. The summed E-state index contributed by atoms with van der Waals surface area (Å²) in [5.41, 5.74) is 1.99. The summed E-state index contributed by atoms with van der Waals surface area (Å²) in [5.74, 6) is 0.672. The van der Waals surface area contributed by atoms with Crippen LogP contribution >= 0.6 is 0 Å². The van der Waals surface area contributed by atoms with Gasteiger partial charge in [-0.25, -0.2) is 8.42 Å². The highest BCUT2D eigenvalue weighted by Crippen LogP contribution is 2.18. The van der Waals surface area contributed by atoms with Crippen LogP contribution < -0.4 is 10.1 Å². The normalized spacial score (nSPS) is 15.8. The first-order chi connectivity index (χ1) is 13.9. The maximum atomic E-state index is 12.8. The molecular weight excluding hydrogens is 390 g/mol. The highest BCUT2D eigenvalue weighted by molar-refractivity contribution is 7.89. The van der Waals surface area contributed by atoms with Gasteiger partial charge < -0.3 is 10.1 Å². The predicted molar refractivity (Wildman–Crippen MR) is 111 cm³/mol. The van der Waals surface area contributed by atoms with Crippen molar-refractivity contribution in [3.8, 4) is 5.75 Å². The second-order valence-corrected chi connectivity index (χ2v) is 9.06. The minimum absolute atomic E-state index is 0.0809. The minimum atomic E-state index is -3.49. The van der Waals surface area contributed by atoms with Gasteiger partial charge in [0.2, 0.25) is 15.9 Å². The van der Waals surface area contributed by atoms with Gasteiger partial charge in [0.25, 0.3) is 0 Å². The average Bonchev–Trinajstić information content (AvgIpc) is 2.73. The van der Waals surface area contributed by atoms with Gasteiger partial charge >= 0.3 is 0 Å². The number of nitrogens with one attached hydrogen (secondary N) is 1. The molecule has 1 aliphatic heterocycles. The van der Waals surface area contributed by atoms with E-state index in [0.29, 0.717) is 37.6 Å². The number of nitrogens with zero attached hydrogens (tertiary/aromatic N) is 2. The SMILES string of the molecule is COc1cccc(CNC(=O)CN2CCN(S(=O)(=O)c3ccc(C)cc3)CC2)c1. The molecule has 0 aromatic heterocycles. The molecule has 2 aromatic rings. The maximum absolute atomic E-state index is 12.8. The Kier molecular flexibility index (Phi) is 6.89. The van der Waals surface area contributed by atoms with Crippen LogP contribution in [-0.4, -0.2) is 63.4 Å². The largest absolute Gasteiger partial charge is 0.497 e. The Morgan fingerprint density at radius 2 is 1.76 bits per heavy atom. The zero-order valence-corrected chi connectivity index (χ0v) is 17.6. The van der Waals surface area contributed by atoms with E-state index in [9.17, 15) is 13.2 Å². The molecule has 1 saturated heterocycles. The summed E-state index contributed by atoms with van der Waals surface area (Å²) in [7, 11) is -1.88. The molecule has 156 valence electrons. The molecular formula is C21H27N3O4S. The third-order valence-electron chi connectivity index (χ3n) is 4.98. The number of ether oxygens (including phenoxy) is 1. The van der Waals surface area contributed by atoms with Gasteiger partial charge in [0, 0.05) is 32.7 Å². The summed E-state index contributed by atoms with van der Waals surface area (Å²) in [6, 6.07) is 14.4. The molecule has 0 spiro atoms. The molecule has 0 unspecified atom stereocenters. The van der Waals surface area contributed by atoms with E-state index < -0.39 is 10.0 Å². The van der Waals surface area contributed by atoms with Gasteiger partial charge in [0.05, 0.1) is 18.6 Å². The number of carbonyl (C=O) groups is 1. The van der Waals surface area contributed by atoms with Crippen LogP contribution in [0.4, 0.5) is 0 Å². The van der Waals surface area contributed by atoms with E-state index >= 15 is 0 Å². The molecule has 1 fully saturated rings. The fraction of sp³-hybridized carbons (Fsp3) is 0.381. The van der Waals surface area contributed by atoms with Crippen molar-refractivity contribution in [3.05, 3.63) is 59.7 Å². The van der Waals surface area contributed by atoms with Crippen LogP contribution in [0.15, 0.2) is 53.4 Å². The number of sulfonamides is 1. The highest BCUT2D eigenvalue weighted by atomic mass is 32.2. The Hall–Kier alpha value is -2.42. The topological polar surface area (TPSA) is 79.0 Å². The van der Waals surface area contributed by atoms with Crippen LogP contribution in [0.3, 0.4) is 0 Å². The molecule has 3 rings (SSSR count). The van der Waals surface area contributed by atoms with E-state index in [2.05, 4.69) is 5.32 Å². The van der Waals surface area contributed by atoms with Gasteiger partial charge in [-0.1, -0.05) is 29.8 Å². The highest BCUT2D eigenvalue weighted by Gasteiger charge is 2.28. The standard InChI is InChI=1S/C21H27N3O4S/c1-17-6-8-20(9-7-17)29(26,27)24-12-10-23(11-13-24)16-21(25)22-15-18-4-3-5-19(14-18)28-2/h3-9,14H,10-13,15-16H2,1-2H3,(H,22,25). The van der Waals surface area contributed by atoms with E-state index in [1.165, 1.54) is 4.31 Å². The van der Waals surface area contributed by atoms with Crippen LogP contribution in [0.1, 0.15) is 11.1 Å². The van der Waals surface area contributed by atoms with Crippen LogP contribution in [0.2, 0.25) is 0 Å². The van der Waals surface area contributed by atoms with Crippen LogP contribution in [-0.2, 0) is 21.4 Å². The number of amides is 1. The summed E-state index contributed by atoms with van der Waals surface area (Å²) in [5, 5.41) is 2.90. The molecule has 1 aliphatic rings. The van der Waals surface area contributed by atoms with Crippen molar-refractivity contribution in [2.24, 2.45) is 0 Å². The number of hydrogen-bond donors (Lipinski definition) is 1. The van der Waals surface area contributed by atoms with Gasteiger partial charge in [-0.15, -0.1) is 0 Å². The molecule has 7 nitrogen and oxygen atoms in total. The Morgan fingerprint density at radius 3 is 2.41 bits per heavy atom. The zero-order chi connectivity index (χ0) is 20.9. The molecule has 1 heterocycles. The van der Waals surface area contributed by atoms with E-state index in [1.54, 1.807) is 31.4 Å². The fourth-order valence-electron chi connectivity index (χ4n) is 3.23. The molecule has 0 radical (unpaired) electrons. The molecule has 0 atom stereocenters. The molecule has 0 bridgehead atoms. The number of piperazine rings is 1. The molecule has 8 heteroatoms.